The van der Waals surface area contributed by atoms with Gasteiger partial charge in [0.15, 0.2) is 0 Å². The minimum atomic E-state index is -1.27. The number of benzene rings is 1. The van der Waals surface area contributed by atoms with E-state index in [4.69, 9.17) is 9.47 Å². The van der Waals surface area contributed by atoms with Crippen LogP contribution in [-0.2, 0) is 23.9 Å². The van der Waals surface area contributed by atoms with Crippen molar-refractivity contribution in [2.75, 3.05) is 52.5 Å². The number of carbonyl (C=O) groups is 3. The highest BCUT2D eigenvalue weighted by molar-refractivity contribution is 5.98. The number of hydrogen-bond donors (Lipinski definition) is 2. The smallest absolute Gasteiger partial charge is 0.310 e. The van der Waals surface area contributed by atoms with Crippen molar-refractivity contribution in [2.24, 2.45) is 11.8 Å². The molecule has 10 heteroatoms. The Morgan fingerprint density at radius 3 is 2.58 bits per heavy atom. The molecule has 5 rings (SSSR count). The van der Waals surface area contributed by atoms with Crippen molar-refractivity contribution in [3.05, 3.63) is 48.6 Å². The van der Waals surface area contributed by atoms with E-state index in [1.165, 1.54) is 4.90 Å². The second-order valence-corrected chi connectivity index (χ2v) is 10.9. The number of rotatable bonds is 10. The number of likely N-dealkylation sites (tertiary alicyclic amines) is 1. The molecule has 0 saturated carbocycles. The normalized spacial score (nSPS) is 33.3. The predicted molar refractivity (Wildman–Crippen MR) is 137 cm³/mol. The van der Waals surface area contributed by atoms with Crippen LogP contribution in [0.4, 0.5) is 0 Å². The molecule has 206 valence electrons. The molecule has 38 heavy (non-hydrogen) atoms. The third kappa shape index (κ3) is 4.23. The first-order valence-electron chi connectivity index (χ1n) is 13.4. The van der Waals surface area contributed by atoms with Crippen LogP contribution in [0.5, 0.6) is 0 Å². The molecule has 1 spiro atoms. The molecule has 10 nitrogen and oxygen atoms in total. The number of carboxylic acids is 1. The summed E-state index contributed by atoms with van der Waals surface area (Å²) in [5, 5.41) is 20.7. The number of carbonyl (C=O) groups excluding carboxylic acids is 2. The molecule has 1 aromatic carbocycles. The number of aliphatic hydroxyl groups excluding tert-OH is 1. The zero-order valence-corrected chi connectivity index (χ0v) is 21.8. The molecule has 4 aliphatic rings. The van der Waals surface area contributed by atoms with Gasteiger partial charge in [0, 0.05) is 32.7 Å². The molecule has 4 heterocycles. The van der Waals surface area contributed by atoms with Crippen molar-refractivity contribution in [3.8, 4) is 0 Å². The van der Waals surface area contributed by atoms with E-state index in [9.17, 15) is 24.6 Å². The van der Waals surface area contributed by atoms with E-state index in [0.29, 0.717) is 44.7 Å². The van der Waals surface area contributed by atoms with Gasteiger partial charge >= 0.3 is 5.97 Å². The van der Waals surface area contributed by atoms with Gasteiger partial charge < -0.3 is 29.5 Å². The third-order valence-electron chi connectivity index (χ3n) is 8.86. The van der Waals surface area contributed by atoms with Crippen LogP contribution in [0.2, 0.25) is 0 Å². The van der Waals surface area contributed by atoms with Crippen molar-refractivity contribution in [1.82, 2.24) is 14.7 Å². The molecule has 4 aliphatic heterocycles. The maximum absolute atomic E-state index is 14.5. The molecule has 0 aliphatic carbocycles. The van der Waals surface area contributed by atoms with E-state index < -0.39 is 53.6 Å². The Bertz CT molecular complexity index is 1080. The largest absolute Gasteiger partial charge is 0.481 e. The van der Waals surface area contributed by atoms with E-state index in [-0.39, 0.29) is 12.5 Å². The highest BCUT2D eigenvalue weighted by atomic mass is 16.5. The Balaban J connectivity index is 1.54. The van der Waals surface area contributed by atoms with Gasteiger partial charge in [0.1, 0.15) is 11.6 Å². The molecule has 0 radical (unpaired) electrons. The van der Waals surface area contributed by atoms with Crippen LogP contribution in [0.25, 0.3) is 0 Å². The first-order valence-corrected chi connectivity index (χ1v) is 13.4. The van der Waals surface area contributed by atoms with Crippen molar-refractivity contribution in [3.63, 3.8) is 0 Å². The number of ether oxygens (including phenoxy) is 2. The van der Waals surface area contributed by atoms with Gasteiger partial charge in [-0.15, -0.1) is 6.58 Å². The fourth-order valence-electron chi connectivity index (χ4n) is 7.09. The summed E-state index contributed by atoms with van der Waals surface area (Å²) in [7, 11) is 0. The minimum absolute atomic E-state index is 0.275. The van der Waals surface area contributed by atoms with Gasteiger partial charge in [-0.2, -0.15) is 0 Å². The van der Waals surface area contributed by atoms with Crippen LogP contribution in [-0.4, -0.2) is 112 Å². The number of aliphatic hydroxyl groups is 1. The van der Waals surface area contributed by atoms with Crippen LogP contribution < -0.4 is 0 Å². The number of fused-ring (bicyclic) bond motifs is 1. The predicted octanol–water partition coefficient (Wildman–Crippen LogP) is 0.916. The monoisotopic (exact) mass is 527 g/mol. The highest BCUT2D eigenvalue weighted by Gasteiger charge is 2.79. The minimum Gasteiger partial charge on any atom is -0.481 e. The van der Waals surface area contributed by atoms with Crippen LogP contribution in [0.1, 0.15) is 31.4 Å². The van der Waals surface area contributed by atoms with E-state index in [2.05, 4.69) is 11.5 Å². The fourth-order valence-corrected chi connectivity index (χ4v) is 7.09. The number of aliphatic carboxylic acids is 1. The van der Waals surface area contributed by atoms with Gasteiger partial charge in [-0.3, -0.25) is 19.3 Å². The van der Waals surface area contributed by atoms with E-state index in [1.807, 2.05) is 18.2 Å². The quantitative estimate of drug-likeness (QED) is 0.431. The SMILES string of the molecule is C=CCN(CCN1CCOCC1)C(=O)C1N([C@H](CO)c2ccccc2)C(=O)[C@@H]2[C@@H](C(=O)O)[C@@]3(C)CCC12O3. The van der Waals surface area contributed by atoms with E-state index in [1.54, 1.807) is 30.0 Å². The van der Waals surface area contributed by atoms with Gasteiger partial charge in [-0.1, -0.05) is 36.4 Å². The van der Waals surface area contributed by atoms with Gasteiger partial charge in [-0.25, -0.2) is 0 Å². The molecule has 2 bridgehead atoms. The van der Waals surface area contributed by atoms with Gasteiger partial charge in [0.2, 0.25) is 11.8 Å². The van der Waals surface area contributed by atoms with Gasteiger partial charge in [0.05, 0.1) is 43.3 Å². The molecule has 0 aromatic heterocycles. The summed E-state index contributed by atoms with van der Waals surface area (Å²) in [5.74, 6) is -3.93. The first kappa shape index (κ1) is 26.8. The Kier molecular flexibility index (Phi) is 7.34. The summed E-state index contributed by atoms with van der Waals surface area (Å²) >= 11 is 0. The molecule has 4 fully saturated rings. The van der Waals surface area contributed by atoms with Crippen LogP contribution in [0, 0.1) is 11.8 Å². The van der Waals surface area contributed by atoms with Gasteiger partial charge in [0.25, 0.3) is 0 Å². The summed E-state index contributed by atoms with van der Waals surface area (Å²) in [4.78, 5) is 46.4. The Morgan fingerprint density at radius 2 is 1.95 bits per heavy atom. The van der Waals surface area contributed by atoms with E-state index >= 15 is 0 Å². The van der Waals surface area contributed by atoms with E-state index in [0.717, 1.165) is 13.1 Å². The molecular weight excluding hydrogens is 490 g/mol. The molecular formula is C28H37N3O7. The molecule has 2 unspecified atom stereocenters. The topological polar surface area (TPSA) is 120 Å². The average Bonchev–Trinajstić information content (AvgIpc) is 3.49. The Labute approximate surface area is 222 Å². The summed E-state index contributed by atoms with van der Waals surface area (Å²) in [5.41, 5.74) is -1.63. The van der Waals surface area contributed by atoms with Crippen LogP contribution in [0.3, 0.4) is 0 Å². The first-order chi connectivity index (χ1) is 18.3. The number of hydrogen-bond acceptors (Lipinski definition) is 7. The maximum Gasteiger partial charge on any atom is 0.310 e. The lowest BCUT2D eigenvalue weighted by Gasteiger charge is -2.40. The van der Waals surface area contributed by atoms with Gasteiger partial charge in [-0.05, 0) is 25.3 Å². The number of nitrogens with zero attached hydrogens (tertiary/aromatic N) is 3. The zero-order chi connectivity index (χ0) is 27.1. The highest BCUT2D eigenvalue weighted by Crippen LogP contribution is 2.64. The fraction of sp³-hybridized carbons (Fsp3) is 0.607. The zero-order valence-electron chi connectivity index (χ0n) is 21.8. The lowest BCUT2D eigenvalue weighted by Crippen LogP contribution is -2.58. The maximum atomic E-state index is 14.5. The molecule has 2 N–H and O–H groups in total. The van der Waals surface area contributed by atoms with Crippen molar-refractivity contribution in [2.45, 2.75) is 43.1 Å². The summed E-state index contributed by atoms with van der Waals surface area (Å²) in [6, 6.07) is 7.18. The Morgan fingerprint density at radius 1 is 1.24 bits per heavy atom. The molecule has 2 amide bonds. The number of amides is 2. The summed E-state index contributed by atoms with van der Waals surface area (Å²) in [6.07, 6.45) is 2.49. The van der Waals surface area contributed by atoms with Crippen molar-refractivity contribution >= 4 is 17.8 Å². The molecule has 4 saturated heterocycles. The number of morpholine rings is 1. The average molecular weight is 528 g/mol. The second kappa shape index (κ2) is 10.4. The standard InChI is InChI=1S/C28H37N3O7/c1-3-11-30(13-12-29-14-16-37-17-15-29)25(34)23-28-10-9-27(2,38-28)22(26(35)36)21(28)24(33)31(23)20(18-32)19-7-5-4-6-8-19/h3-8,20-23,32H,1,9-18H2,2H3,(H,35,36)/t20-,21+,22+,23?,27-,28?/m1/s1. The lowest BCUT2D eigenvalue weighted by atomic mass is 9.66. The van der Waals surface area contributed by atoms with Crippen molar-refractivity contribution < 1.29 is 34.1 Å². The van der Waals surface area contributed by atoms with Crippen LogP contribution in [0.15, 0.2) is 43.0 Å². The number of carboxylic acid groups (broad SMARTS) is 1. The lowest BCUT2D eigenvalue weighted by molar-refractivity contribution is -0.158. The third-order valence-corrected chi connectivity index (χ3v) is 8.86. The summed E-state index contributed by atoms with van der Waals surface area (Å²) in [6.45, 7) is 9.33. The Hall–Kier alpha value is -2.79. The molecule has 6 atom stereocenters. The summed E-state index contributed by atoms with van der Waals surface area (Å²) < 4.78 is 11.9. The van der Waals surface area contributed by atoms with Crippen molar-refractivity contribution in [1.29, 1.82) is 0 Å². The van der Waals surface area contributed by atoms with Crippen LogP contribution >= 0.6 is 0 Å². The molecule has 1 aromatic rings. The second-order valence-electron chi connectivity index (χ2n) is 10.9.